The molecule has 2 aromatic rings. The topological polar surface area (TPSA) is 88.2 Å². The lowest BCUT2D eigenvalue weighted by Gasteiger charge is -2.34. The van der Waals surface area contributed by atoms with Gasteiger partial charge in [0.2, 0.25) is 0 Å². The van der Waals surface area contributed by atoms with E-state index in [0.29, 0.717) is 38.3 Å². The van der Waals surface area contributed by atoms with E-state index >= 15 is 0 Å². The van der Waals surface area contributed by atoms with Gasteiger partial charge in [0.05, 0.1) is 17.9 Å². The van der Waals surface area contributed by atoms with Gasteiger partial charge >= 0.3 is 6.09 Å². The molecule has 0 atom stereocenters. The minimum Gasteiger partial charge on any atom is -0.483 e. The fourth-order valence-corrected chi connectivity index (χ4v) is 3.14. The highest BCUT2D eigenvalue weighted by Gasteiger charge is 2.27. The minimum absolute atomic E-state index is 0.0555. The number of halogens is 1. The second-order valence-electron chi connectivity index (χ2n) is 6.79. The Balaban J connectivity index is 1.59. The van der Waals surface area contributed by atoms with Crippen LogP contribution in [-0.4, -0.2) is 67.1 Å². The molecular formula is C22H24FN3O5. The third kappa shape index (κ3) is 5.71. The number of hydrogen-bond donors (Lipinski definition) is 1. The summed E-state index contributed by atoms with van der Waals surface area (Å²) in [5, 5.41) is 2.43. The standard InChI is InChI=1S/C22H24FN3O5/c1-2-30-22(29)26-13-11-25(12-14-26)21(28)16-7-3-6-10-19(16)31-15-20(27)24-18-9-5-4-8-17(18)23/h3-10H,2,11-15H2,1H3,(H,24,27). The molecule has 1 saturated heterocycles. The van der Waals surface area contributed by atoms with E-state index in [4.69, 9.17) is 9.47 Å². The molecule has 8 nitrogen and oxygen atoms in total. The summed E-state index contributed by atoms with van der Waals surface area (Å²) >= 11 is 0. The Bertz CT molecular complexity index is 944. The third-order valence-corrected chi connectivity index (χ3v) is 4.72. The zero-order valence-corrected chi connectivity index (χ0v) is 17.2. The second kappa shape index (κ2) is 10.4. The van der Waals surface area contributed by atoms with Crippen molar-refractivity contribution < 1.29 is 28.2 Å². The van der Waals surface area contributed by atoms with E-state index in [1.807, 2.05) is 0 Å². The first-order chi connectivity index (χ1) is 15.0. The van der Waals surface area contributed by atoms with Crippen molar-refractivity contribution in [3.05, 3.63) is 59.9 Å². The lowest BCUT2D eigenvalue weighted by molar-refractivity contribution is -0.118. The Morgan fingerprint density at radius 1 is 0.968 bits per heavy atom. The smallest absolute Gasteiger partial charge is 0.409 e. The predicted octanol–water partition coefficient (Wildman–Crippen LogP) is 2.76. The van der Waals surface area contributed by atoms with Crippen LogP contribution in [0.3, 0.4) is 0 Å². The van der Waals surface area contributed by atoms with Crippen LogP contribution in [0.4, 0.5) is 14.9 Å². The lowest BCUT2D eigenvalue weighted by atomic mass is 10.1. The summed E-state index contributed by atoms with van der Waals surface area (Å²) in [7, 11) is 0. The quantitative estimate of drug-likeness (QED) is 0.763. The molecule has 0 radical (unpaired) electrons. The van der Waals surface area contributed by atoms with Crippen LogP contribution in [0.25, 0.3) is 0 Å². The van der Waals surface area contributed by atoms with E-state index in [1.165, 1.54) is 18.2 Å². The molecule has 0 spiro atoms. The molecule has 3 amide bonds. The molecule has 0 unspecified atom stereocenters. The van der Waals surface area contributed by atoms with Gasteiger partial charge in [-0.3, -0.25) is 9.59 Å². The highest BCUT2D eigenvalue weighted by molar-refractivity contribution is 5.97. The molecule has 0 saturated carbocycles. The van der Waals surface area contributed by atoms with Crippen molar-refractivity contribution in [2.45, 2.75) is 6.92 Å². The van der Waals surface area contributed by atoms with Crippen molar-refractivity contribution in [2.75, 3.05) is 44.7 Å². The summed E-state index contributed by atoms with van der Waals surface area (Å²) in [5.74, 6) is -1.10. The highest BCUT2D eigenvalue weighted by Crippen LogP contribution is 2.21. The third-order valence-electron chi connectivity index (χ3n) is 4.72. The van der Waals surface area contributed by atoms with E-state index in [9.17, 15) is 18.8 Å². The van der Waals surface area contributed by atoms with E-state index in [-0.39, 0.29) is 30.0 Å². The molecule has 1 aliphatic heterocycles. The van der Waals surface area contributed by atoms with Gasteiger partial charge in [-0.1, -0.05) is 24.3 Å². The van der Waals surface area contributed by atoms with E-state index < -0.39 is 11.7 Å². The number of nitrogens with one attached hydrogen (secondary N) is 1. The Hall–Kier alpha value is -3.62. The molecule has 2 aromatic carbocycles. The number of amides is 3. The van der Waals surface area contributed by atoms with Gasteiger partial charge in [0.1, 0.15) is 11.6 Å². The van der Waals surface area contributed by atoms with Crippen molar-refractivity contribution in [3.63, 3.8) is 0 Å². The molecule has 1 fully saturated rings. The summed E-state index contributed by atoms with van der Waals surface area (Å²) in [6.07, 6.45) is -0.390. The number of carbonyl (C=O) groups excluding carboxylic acids is 3. The molecule has 9 heteroatoms. The number of ether oxygens (including phenoxy) is 2. The van der Waals surface area contributed by atoms with Crippen molar-refractivity contribution in [3.8, 4) is 5.75 Å². The Kier molecular flexibility index (Phi) is 7.42. The molecule has 164 valence electrons. The van der Waals surface area contributed by atoms with E-state index in [2.05, 4.69) is 5.32 Å². The van der Waals surface area contributed by atoms with Crippen LogP contribution in [0.2, 0.25) is 0 Å². The number of nitrogens with zero attached hydrogens (tertiary/aromatic N) is 2. The van der Waals surface area contributed by atoms with Gasteiger partial charge in [-0.25, -0.2) is 9.18 Å². The molecule has 0 aromatic heterocycles. The van der Waals surface area contributed by atoms with E-state index in [1.54, 1.807) is 47.1 Å². The maximum atomic E-state index is 13.7. The summed E-state index contributed by atoms with van der Waals surface area (Å²) in [4.78, 5) is 40.1. The number of piperazine rings is 1. The largest absolute Gasteiger partial charge is 0.483 e. The average molecular weight is 429 g/mol. The van der Waals surface area contributed by atoms with Gasteiger partial charge in [0, 0.05) is 26.2 Å². The van der Waals surface area contributed by atoms with Crippen molar-refractivity contribution in [1.82, 2.24) is 9.80 Å². The van der Waals surface area contributed by atoms with Gasteiger partial charge in [-0.2, -0.15) is 0 Å². The molecule has 1 heterocycles. The first-order valence-corrected chi connectivity index (χ1v) is 9.96. The fourth-order valence-electron chi connectivity index (χ4n) is 3.14. The van der Waals surface area contributed by atoms with Crippen molar-refractivity contribution in [1.29, 1.82) is 0 Å². The average Bonchev–Trinajstić information content (AvgIpc) is 2.79. The van der Waals surface area contributed by atoms with Gasteiger partial charge in [0.25, 0.3) is 11.8 Å². The Morgan fingerprint density at radius 3 is 2.32 bits per heavy atom. The summed E-state index contributed by atoms with van der Waals surface area (Å²) in [5.41, 5.74) is 0.366. The van der Waals surface area contributed by atoms with Gasteiger partial charge in [0.15, 0.2) is 6.61 Å². The molecule has 3 rings (SSSR count). The fraction of sp³-hybridized carbons (Fsp3) is 0.318. The molecule has 1 N–H and O–H groups in total. The second-order valence-corrected chi connectivity index (χ2v) is 6.79. The van der Waals surface area contributed by atoms with Gasteiger partial charge in [-0.15, -0.1) is 0 Å². The van der Waals surface area contributed by atoms with E-state index in [0.717, 1.165) is 0 Å². The van der Waals surface area contributed by atoms with Gasteiger partial charge < -0.3 is 24.6 Å². The minimum atomic E-state index is -0.548. The first-order valence-electron chi connectivity index (χ1n) is 9.96. The highest BCUT2D eigenvalue weighted by atomic mass is 19.1. The van der Waals surface area contributed by atoms with Crippen LogP contribution >= 0.6 is 0 Å². The zero-order valence-electron chi connectivity index (χ0n) is 17.2. The summed E-state index contributed by atoms with van der Waals surface area (Å²) in [6.45, 7) is 3.13. The van der Waals surface area contributed by atoms with Crippen LogP contribution in [0, 0.1) is 5.82 Å². The number of hydrogen-bond acceptors (Lipinski definition) is 5. The van der Waals surface area contributed by atoms with Crippen molar-refractivity contribution in [2.24, 2.45) is 0 Å². The van der Waals surface area contributed by atoms with Crippen LogP contribution in [-0.2, 0) is 9.53 Å². The molecule has 0 aliphatic carbocycles. The van der Waals surface area contributed by atoms with Crippen LogP contribution in [0.5, 0.6) is 5.75 Å². The monoisotopic (exact) mass is 429 g/mol. The van der Waals surface area contributed by atoms with Crippen LogP contribution in [0.15, 0.2) is 48.5 Å². The van der Waals surface area contributed by atoms with Crippen LogP contribution in [0.1, 0.15) is 17.3 Å². The first kappa shape index (κ1) is 22.1. The molecule has 1 aliphatic rings. The summed E-state index contributed by atoms with van der Waals surface area (Å²) < 4.78 is 24.2. The molecular weight excluding hydrogens is 405 g/mol. The molecule has 31 heavy (non-hydrogen) atoms. The predicted molar refractivity (Wildman–Crippen MR) is 111 cm³/mol. The lowest BCUT2D eigenvalue weighted by Crippen LogP contribution is -2.50. The summed E-state index contributed by atoms with van der Waals surface area (Å²) in [6, 6.07) is 12.4. The normalized spacial score (nSPS) is 13.5. The van der Waals surface area contributed by atoms with Crippen molar-refractivity contribution >= 4 is 23.6 Å². The maximum absolute atomic E-state index is 13.7. The number of para-hydroxylation sites is 2. The number of benzene rings is 2. The maximum Gasteiger partial charge on any atom is 0.409 e. The molecule has 0 bridgehead atoms. The zero-order chi connectivity index (χ0) is 22.2. The number of anilines is 1. The number of carbonyl (C=O) groups is 3. The Labute approximate surface area is 179 Å². The Morgan fingerprint density at radius 2 is 1.61 bits per heavy atom. The SMILES string of the molecule is CCOC(=O)N1CCN(C(=O)c2ccccc2OCC(=O)Nc2ccccc2F)CC1. The number of rotatable bonds is 6. The van der Waals surface area contributed by atoms with Gasteiger partial charge in [-0.05, 0) is 31.2 Å². The van der Waals surface area contributed by atoms with Crippen LogP contribution < -0.4 is 10.1 Å².